The number of likely N-dealkylation sites (N-methyl/N-ethyl adjacent to an activating group) is 1. The zero-order chi connectivity index (χ0) is 16.8. The largest absolute Gasteiger partial charge is 0.504 e. The van der Waals surface area contributed by atoms with Crippen LogP contribution in [-0.4, -0.2) is 35.3 Å². The van der Waals surface area contributed by atoms with Crippen molar-refractivity contribution < 1.29 is 14.6 Å². The number of phenolic OH excluding ortho intramolecular Hbond substituents is 2. The summed E-state index contributed by atoms with van der Waals surface area (Å²) >= 11 is 6.33. The van der Waals surface area contributed by atoms with Gasteiger partial charge in [0.25, 0.3) is 0 Å². The van der Waals surface area contributed by atoms with Crippen molar-refractivity contribution in [3.05, 3.63) is 58.3 Å². The molecule has 2 aromatic carbocycles. The first-order valence-electron chi connectivity index (χ1n) is 7.94. The van der Waals surface area contributed by atoms with Crippen LogP contribution < -0.4 is 0 Å². The zero-order valence-corrected chi connectivity index (χ0v) is 14.0. The summed E-state index contributed by atoms with van der Waals surface area (Å²) in [5.41, 5.74) is 3.76. The van der Waals surface area contributed by atoms with E-state index in [-0.39, 0.29) is 22.4 Å². The predicted molar refractivity (Wildman–Crippen MR) is 94.0 cm³/mol. The van der Waals surface area contributed by atoms with Gasteiger partial charge in [-0.15, -0.1) is 0 Å². The smallest absolute Gasteiger partial charge is 0.176 e. The molecule has 4 rings (SSSR count). The minimum absolute atomic E-state index is 0.00588. The molecule has 24 heavy (non-hydrogen) atoms. The maximum atomic E-state index is 10.1. The maximum Gasteiger partial charge on any atom is 0.176 e. The Hall–Kier alpha value is -2.17. The average Bonchev–Trinajstić information content (AvgIpc) is 2.99. The Morgan fingerprint density at radius 2 is 2.04 bits per heavy atom. The van der Waals surface area contributed by atoms with E-state index < -0.39 is 0 Å². The molecule has 1 aliphatic rings. The minimum Gasteiger partial charge on any atom is -0.504 e. The Morgan fingerprint density at radius 1 is 1.21 bits per heavy atom. The van der Waals surface area contributed by atoms with Crippen LogP contribution in [0, 0.1) is 0 Å². The second kappa shape index (κ2) is 5.72. The molecule has 1 aliphatic heterocycles. The number of halogens is 1. The summed E-state index contributed by atoms with van der Waals surface area (Å²) in [5.74, 6) is -0.416. The molecule has 0 spiro atoms. The van der Waals surface area contributed by atoms with E-state index in [2.05, 4.69) is 18.0 Å². The lowest BCUT2D eigenvalue weighted by Gasteiger charge is -2.22. The topological polar surface area (TPSA) is 56.8 Å². The third-order valence-electron chi connectivity index (χ3n) is 4.85. The quantitative estimate of drug-likeness (QED) is 0.653. The third-order valence-corrected chi connectivity index (χ3v) is 5.26. The molecule has 2 heterocycles. The lowest BCUT2D eigenvalue weighted by Crippen LogP contribution is -2.24. The van der Waals surface area contributed by atoms with Gasteiger partial charge < -0.3 is 19.5 Å². The summed E-state index contributed by atoms with van der Waals surface area (Å²) in [6.07, 6.45) is 2.42. The van der Waals surface area contributed by atoms with Gasteiger partial charge in [0, 0.05) is 30.0 Å². The van der Waals surface area contributed by atoms with Gasteiger partial charge in [0.05, 0.1) is 11.3 Å². The SMILES string of the molecule is CN1CCc2c(cc(O)c(O)c2Cl)C(c2cccc3ccoc23)C1. The average molecular weight is 344 g/mol. The number of furan rings is 1. The van der Waals surface area contributed by atoms with Gasteiger partial charge in [-0.25, -0.2) is 0 Å². The number of rotatable bonds is 1. The van der Waals surface area contributed by atoms with E-state index >= 15 is 0 Å². The van der Waals surface area contributed by atoms with Crippen molar-refractivity contribution in [3.8, 4) is 11.5 Å². The van der Waals surface area contributed by atoms with E-state index in [0.29, 0.717) is 0 Å². The summed E-state index contributed by atoms with van der Waals surface area (Å²) in [6.45, 7) is 1.62. The van der Waals surface area contributed by atoms with E-state index in [1.54, 1.807) is 12.3 Å². The summed E-state index contributed by atoms with van der Waals surface area (Å²) in [4.78, 5) is 2.23. The van der Waals surface area contributed by atoms with E-state index in [1.807, 2.05) is 18.2 Å². The number of aromatic hydroxyl groups is 2. The van der Waals surface area contributed by atoms with Crippen molar-refractivity contribution in [3.63, 3.8) is 0 Å². The van der Waals surface area contributed by atoms with Crippen molar-refractivity contribution >= 4 is 22.6 Å². The molecule has 0 saturated carbocycles. The van der Waals surface area contributed by atoms with Crippen molar-refractivity contribution in [2.75, 3.05) is 20.1 Å². The van der Waals surface area contributed by atoms with Crippen LogP contribution in [0.15, 0.2) is 41.0 Å². The van der Waals surface area contributed by atoms with Crippen LogP contribution in [0.3, 0.4) is 0 Å². The molecular formula is C19H18ClNO3. The van der Waals surface area contributed by atoms with E-state index in [1.165, 1.54) is 0 Å². The number of hydrogen-bond donors (Lipinski definition) is 2. The van der Waals surface area contributed by atoms with Crippen LogP contribution in [-0.2, 0) is 6.42 Å². The molecule has 4 nitrogen and oxygen atoms in total. The molecule has 0 saturated heterocycles. The monoisotopic (exact) mass is 343 g/mol. The highest BCUT2D eigenvalue weighted by atomic mass is 35.5. The second-order valence-corrected chi connectivity index (χ2v) is 6.76. The molecule has 0 bridgehead atoms. The predicted octanol–water partition coefficient (Wildman–Crippen LogP) is 4.12. The molecule has 0 aliphatic carbocycles. The summed E-state index contributed by atoms with van der Waals surface area (Å²) < 4.78 is 5.71. The Balaban J connectivity index is 1.97. The number of benzene rings is 2. The van der Waals surface area contributed by atoms with Crippen LogP contribution in [0.2, 0.25) is 5.02 Å². The molecule has 2 N–H and O–H groups in total. The molecule has 0 fully saturated rings. The summed E-state index contributed by atoms with van der Waals surface area (Å²) in [6, 6.07) is 9.67. The first-order valence-corrected chi connectivity index (χ1v) is 8.32. The van der Waals surface area contributed by atoms with Gasteiger partial charge >= 0.3 is 0 Å². The fourth-order valence-corrected chi connectivity index (χ4v) is 3.91. The Morgan fingerprint density at radius 3 is 2.88 bits per heavy atom. The van der Waals surface area contributed by atoms with Crippen LogP contribution in [0.25, 0.3) is 11.0 Å². The van der Waals surface area contributed by atoms with Gasteiger partial charge in [-0.3, -0.25) is 0 Å². The molecule has 3 aromatic rings. The second-order valence-electron chi connectivity index (χ2n) is 6.38. The van der Waals surface area contributed by atoms with E-state index in [4.69, 9.17) is 16.0 Å². The summed E-state index contributed by atoms with van der Waals surface area (Å²) in [5, 5.41) is 21.4. The minimum atomic E-state index is -0.241. The van der Waals surface area contributed by atoms with Crippen LogP contribution in [0.5, 0.6) is 11.5 Å². The highest BCUT2D eigenvalue weighted by molar-refractivity contribution is 6.33. The van der Waals surface area contributed by atoms with Gasteiger partial charge in [0.2, 0.25) is 0 Å². The van der Waals surface area contributed by atoms with E-state index in [9.17, 15) is 10.2 Å². The fraction of sp³-hybridized carbons (Fsp3) is 0.263. The highest BCUT2D eigenvalue weighted by Gasteiger charge is 2.29. The lowest BCUT2D eigenvalue weighted by atomic mass is 9.87. The van der Waals surface area contributed by atoms with Crippen molar-refractivity contribution in [2.24, 2.45) is 0 Å². The van der Waals surface area contributed by atoms with Crippen LogP contribution in [0.4, 0.5) is 0 Å². The molecule has 1 atom stereocenters. The maximum absolute atomic E-state index is 10.1. The number of phenols is 2. The molecule has 0 amide bonds. The van der Waals surface area contributed by atoms with Gasteiger partial charge in [-0.05, 0) is 36.7 Å². The lowest BCUT2D eigenvalue weighted by molar-refractivity contribution is 0.337. The van der Waals surface area contributed by atoms with Crippen LogP contribution >= 0.6 is 11.6 Å². The Kier molecular flexibility index (Phi) is 3.66. The Labute approximate surface area is 144 Å². The van der Waals surface area contributed by atoms with Crippen LogP contribution in [0.1, 0.15) is 22.6 Å². The number of para-hydroxylation sites is 1. The van der Waals surface area contributed by atoms with Gasteiger partial charge in [-0.2, -0.15) is 0 Å². The first-order chi connectivity index (χ1) is 11.6. The molecule has 0 radical (unpaired) electrons. The molecule has 1 unspecified atom stereocenters. The fourth-order valence-electron chi connectivity index (χ4n) is 3.61. The van der Waals surface area contributed by atoms with Gasteiger partial charge in [0.15, 0.2) is 11.5 Å². The first kappa shape index (κ1) is 15.4. The molecule has 1 aromatic heterocycles. The third kappa shape index (κ3) is 2.34. The Bertz CT molecular complexity index is 918. The standard InChI is InChI=1S/C19H18ClNO3/c1-21-7-5-12-14(9-16(22)18(23)17(12)20)15(10-21)13-4-2-3-11-6-8-24-19(11)13/h2-4,6,8-9,15,22-23H,5,7,10H2,1H3. The normalized spacial score (nSPS) is 18.5. The highest BCUT2D eigenvalue weighted by Crippen LogP contribution is 2.44. The van der Waals surface area contributed by atoms with Crippen molar-refractivity contribution in [2.45, 2.75) is 12.3 Å². The van der Waals surface area contributed by atoms with Crippen molar-refractivity contribution in [1.29, 1.82) is 0 Å². The molecule has 124 valence electrons. The number of hydrogen-bond acceptors (Lipinski definition) is 4. The van der Waals surface area contributed by atoms with Gasteiger partial charge in [-0.1, -0.05) is 29.8 Å². The van der Waals surface area contributed by atoms with Crippen molar-refractivity contribution in [1.82, 2.24) is 4.90 Å². The van der Waals surface area contributed by atoms with E-state index in [0.717, 1.165) is 47.2 Å². The molecular weight excluding hydrogens is 326 g/mol. The number of fused-ring (bicyclic) bond motifs is 2. The number of nitrogens with zero attached hydrogens (tertiary/aromatic N) is 1. The molecule has 5 heteroatoms. The van der Waals surface area contributed by atoms with Gasteiger partial charge in [0.1, 0.15) is 5.58 Å². The zero-order valence-electron chi connectivity index (χ0n) is 13.3. The summed E-state index contributed by atoms with van der Waals surface area (Å²) in [7, 11) is 2.06.